The summed E-state index contributed by atoms with van der Waals surface area (Å²) in [6.07, 6.45) is 2.92. The lowest BCUT2D eigenvalue weighted by atomic mass is 10.1. The number of benzene rings is 1. The van der Waals surface area contributed by atoms with Crippen molar-refractivity contribution in [3.63, 3.8) is 0 Å². The van der Waals surface area contributed by atoms with Crippen molar-refractivity contribution in [2.24, 2.45) is 0 Å². The largest absolute Gasteiger partial charge is 0.296 e. The lowest BCUT2D eigenvalue weighted by Gasteiger charge is -2.27. The zero-order valence-electron chi connectivity index (χ0n) is 12.2. The molecule has 0 spiro atoms. The van der Waals surface area contributed by atoms with Gasteiger partial charge in [-0.05, 0) is 31.0 Å². The van der Waals surface area contributed by atoms with Crippen LogP contribution in [-0.4, -0.2) is 37.9 Å². The predicted octanol–water partition coefficient (Wildman–Crippen LogP) is 1.95. The van der Waals surface area contributed by atoms with Crippen LogP contribution in [0.4, 0.5) is 0 Å². The van der Waals surface area contributed by atoms with Crippen molar-refractivity contribution in [3.05, 3.63) is 53.6 Å². The predicted molar refractivity (Wildman–Crippen MR) is 83.5 cm³/mol. The maximum Gasteiger partial charge on any atom is 0.125 e. The summed E-state index contributed by atoms with van der Waals surface area (Å²) < 4.78 is 12.2. The Morgan fingerprint density at radius 2 is 2.10 bits per heavy atom. The molecule has 0 bridgehead atoms. The van der Waals surface area contributed by atoms with Gasteiger partial charge in [-0.25, -0.2) is 9.97 Å². The molecule has 1 aliphatic heterocycles. The molecule has 1 aromatic carbocycles. The fraction of sp³-hybridized carbons (Fsp3) is 0.375. The van der Waals surface area contributed by atoms with Crippen molar-refractivity contribution in [2.45, 2.75) is 24.8 Å². The second-order valence-corrected chi connectivity index (χ2v) is 6.85. The van der Waals surface area contributed by atoms with E-state index in [4.69, 9.17) is 0 Å². The Kier molecular flexibility index (Phi) is 4.41. The molecule has 0 fully saturated rings. The van der Waals surface area contributed by atoms with Gasteiger partial charge in [-0.1, -0.05) is 18.2 Å². The van der Waals surface area contributed by atoms with Crippen molar-refractivity contribution >= 4 is 10.8 Å². The minimum Gasteiger partial charge on any atom is -0.296 e. The van der Waals surface area contributed by atoms with E-state index in [2.05, 4.69) is 14.9 Å². The quantitative estimate of drug-likeness (QED) is 0.866. The van der Waals surface area contributed by atoms with Crippen LogP contribution in [0.25, 0.3) is 0 Å². The molecule has 0 aliphatic carbocycles. The molecule has 2 aromatic rings. The maximum absolute atomic E-state index is 12.2. The first-order valence-corrected chi connectivity index (χ1v) is 8.51. The summed E-state index contributed by atoms with van der Waals surface area (Å²) in [6, 6.07) is 9.68. The number of nitrogens with zero attached hydrogens (tertiary/aromatic N) is 3. The molecule has 4 nitrogen and oxygen atoms in total. The third-order valence-corrected chi connectivity index (χ3v) is 5.10. The second kappa shape index (κ2) is 6.45. The van der Waals surface area contributed by atoms with Crippen LogP contribution in [0.5, 0.6) is 0 Å². The molecular weight excluding hydrogens is 282 g/mol. The molecule has 1 unspecified atom stereocenters. The molecule has 1 aliphatic rings. The Bertz CT molecular complexity index is 645. The highest BCUT2D eigenvalue weighted by Gasteiger charge is 2.18. The van der Waals surface area contributed by atoms with Gasteiger partial charge in [0.25, 0.3) is 0 Å². The van der Waals surface area contributed by atoms with Gasteiger partial charge in [-0.15, -0.1) is 0 Å². The van der Waals surface area contributed by atoms with Gasteiger partial charge in [0, 0.05) is 36.5 Å². The summed E-state index contributed by atoms with van der Waals surface area (Å²) in [5, 5.41) is 0. The van der Waals surface area contributed by atoms with Gasteiger partial charge in [-0.3, -0.25) is 9.11 Å². The third-order valence-electron chi connectivity index (χ3n) is 3.74. The van der Waals surface area contributed by atoms with Crippen LogP contribution in [0.2, 0.25) is 0 Å². The molecule has 5 heteroatoms. The molecule has 0 saturated heterocycles. The Labute approximate surface area is 127 Å². The summed E-state index contributed by atoms with van der Waals surface area (Å²) in [4.78, 5) is 12.0. The Hall–Kier alpha value is -1.59. The molecule has 1 aromatic heterocycles. The van der Waals surface area contributed by atoms with Crippen LogP contribution < -0.4 is 0 Å². The van der Waals surface area contributed by atoms with Crippen LogP contribution in [0, 0.1) is 6.92 Å². The van der Waals surface area contributed by atoms with E-state index in [0.29, 0.717) is 5.75 Å². The summed E-state index contributed by atoms with van der Waals surface area (Å²) in [7, 11) is -0.922. The zero-order valence-corrected chi connectivity index (χ0v) is 13.0. The summed E-state index contributed by atoms with van der Waals surface area (Å²) in [6.45, 7) is 4.59. The van der Waals surface area contributed by atoms with E-state index in [1.54, 1.807) is 0 Å². The summed E-state index contributed by atoms with van der Waals surface area (Å²) in [5.74, 6) is 1.49. The van der Waals surface area contributed by atoms with Gasteiger partial charge < -0.3 is 0 Å². The molecular formula is C16H19N3OS. The second-order valence-electron chi connectivity index (χ2n) is 5.28. The van der Waals surface area contributed by atoms with E-state index in [9.17, 15) is 4.21 Å². The van der Waals surface area contributed by atoms with Crippen molar-refractivity contribution in [1.29, 1.82) is 0 Å². The van der Waals surface area contributed by atoms with E-state index in [0.717, 1.165) is 42.5 Å². The van der Waals surface area contributed by atoms with Gasteiger partial charge in [0.1, 0.15) is 5.82 Å². The molecule has 3 rings (SSSR count). The average molecular weight is 301 g/mol. The summed E-state index contributed by atoms with van der Waals surface area (Å²) in [5.41, 5.74) is 2.38. The Morgan fingerprint density at radius 3 is 2.90 bits per heavy atom. The number of hydrogen-bond donors (Lipinski definition) is 0. The Morgan fingerprint density at radius 1 is 1.29 bits per heavy atom. The maximum atomic E-state index is 12.2. The SMILES string of the molecule is Cc1ncc2c(n1)CN(CCS(=O)c1ccccc1)CC2. The van der Waals surface area contributed by atoms with E-state index < -0.39 is 10.8 Å². The van der Waals surface area contributed by atoms with Crippen LogP contribution in [0.15, 0.2) is 41.4 Å². The minimum atomic E-state index is -0.922. The van der Waals surface area contributed by atoms with E-state index in [1.807, 2.05) is 43.5 Å². The fourth-order valence-corrected chi connectivity index (χ4v) is 3.67. The number of hydrogen-bond acceptors (Lipinski definition) is 4. The van der Waals surface area contributed by atoms with Crippen LogP contribution in [-0.2, 0) is 23.8 Å². The highest BCUT2D eigenvalue weighted by atomic mass is 32.2. The lowest BCUT2D eigenvalue weighted by Crippen LogP contribution is -2.34. The molecule has 21 heavy (non-hydrogen) atoms. The van der Waals surface area contributed by atoms with Gasteiger partial charge in [0.15, 0.2) is 0 Å². The molecule has 0 saturated carbocycles. The van der Waals surface area contributed by atoms with E-state index >= 15 is 0 Å². The van der Waals surface area contributed by atoms with Gasteiger partial charge >= 0.3 is 0 Å². The van der Waals surface area contributed by atoms with Crippen molar-refractivity contribution in [2.75, 3.05) is 18.8 Å². The molecule has 2 heterocycles. The molecule has 0 amide bonds. The van der Waals surface area contributed by atoms with Crippen molar-refractivity contribution in [1.82, 2.24) is 14.9 Å². The van der Waals surface area contributed by atoms with E-state index in [1.165, 1.54) is 5.56 Å². The van der Waals surface area contributed by atoms with Crippen LogP contribution >= 0.6 is 0 Å². The monoisotopic (exact) mass is 301 g/mol. The minimum absolute atomic E-state index is 0.670. The third kappa shape index (κ3) is 3.54. The number of aromatic nitrogens is 2. The number of aryl methyl sites for hydroxylation is 1. The molecule has 110 valence electrons. The Balaban J connectivity index is 1.59. The van der Waals surface area contributed by atoms with Crippen molar-refractivity contribution in [3.8, 4) is 0 Å². The zero-order chi connectivity index (χ0) is 14.7. The highest BCUT2D eigenvalue weighted by molar-refractivity contribution is 7.85. The number of fused-ring (bicyclic) bond motifs is 1. The highest BCUT2D eigenvalue weighted by Crippen LogP contribution is 2.16. The summed E-state index contributed by atoms with van der Waals surface area (Å²) >= 11 is 0. The average Bonchev–Trinajstić information content (AvgIpc) is 2.53. The van der Waals surface area contributed by atoms with Gasteiger partial charge in [0.05, 0.1) is 16.5 Å². The molecule has 1 atom stereocenters. The first-order chi connectivity index (χ1) is 10.2. The van der Waals surface area contributed by atoms with Crippen LogP contribution in [0.3, 0.4) is 0 Å². The lowest BCUT2D eigenvalue weighted by molar-refractivity contribution is 0.264. The normalized spacial score (nSPS) is 16.4. The topological polar surface area (TPSA) is 46.1 Å². The first-order valence-electron chi connectivity index (χ1n) is 7.19. The van der Waals surface area contributed by atoms with Crippen LogP contribution in [0.1, 0.15) is 17.1 Å². The molecule has 0 N–H and O–H groups in total. The number of rotatable bonds is 4. The fourth-order valence-electron chi connectivity index (χ4n) is 2.55. The standard InChI is InChI=1S/C16H19N3OS/c1-13-17-11-14-7-8-19(12-16(14)18-13)9-10-21(20)15-5-3-2-4-6-15/h2-6,11H,7-10,12H2,1H3. The van der Waals surface area contributed by atoms with Gasteiger partial charge in [0.2, 0.25) is 0 Å². The van der Waals surface area contributed by atoms with Gasteiger partial charge in [-0.2, -0.15) is 0 Å². The smallest absolute Gasteiger partial charge is 0.125 e. The van der Waals surface area contributed by atoms with E-state index in [-0.39, 0.29) is 0 Å². The van der Waals surface area contributed by atoms with Crippen molar-refractivity contribution < 1.29 is 4.21 Å². The molecule has 0 radical (unpaired) electrons. The first kappa shape index (κ1) is 14.4.